The Labute approximate surface area is 190 Å². The molecule has 4 rings (SSSR count). The van der Waals surface area contributed by atoms with E-state index < -0.39 is 15.1 Å². The van der Waals surface area contributed by atoms with Gasteiger partial charge in [0.25, 0.3) is 11.8 Å². The second-order valence-corrected chi connectivity index (χ2v) is 10.1. The Hall–Kier alpha value is -3.83. The van der Waals surface area contributed by atoms with E-state index in [1.54, 1.807) is 38.1 Å². The fraction of sp³-hybridized carbons (Fsp3) is 0.182. The van der Waals surface area contributed by atoms with Crippen LogP contribution in [0.15, 0.2) is 58.0 Å². The third-order valence-corrected chi connectivity index (χ3v) is 7.23. The number of sulfone groups is 1. The molecule has 4 aromatic rings. The number of phenols is 1. The minimum absolute atomic E-state index is 0.0261. The lowest BCUT2D eigenvalue weighted by molar-refractivity contribution is 0.472. The molecule has 10 nitrogen and oxygen atoms in total. The Bertz CT molecular complexity index is 1420. The monoisotopic (exact) mass is 466 g/mol. The average Bonchev–Trinajstić information content (AvgIpc) is 3.29. The van der Waals surface area contributed by atoms with Crippen LogP contribution in [-0.4, -0.2) is 38.9 Å². The van der Waals surface area contributed by atoms with Crippen LogP contribution in [-0.2, 0) is 16.4 Å². The van der Waals surface area contributed by atoms with Gasteiger partial charge >= 0.3 is 0 Å². The fourth-order valence-corrected chi connectivity index (χ4v) is 4.16. The van der Waals surface area contributed by atoms with Gasteiger partial charge in [0.15, 0.2) is 21.3 Å². The van der Waals surface area contributed by atoms with Crippen molar-refractivity contribution in [3.8, 4) is 40.0 Å². The van der Waals surface area contributed by atoms with Gasteiger partial charge in [-0.1, -0.05) is 18.2 Å². The normalized spacial score (nSPS) is 11.8. The largest absolute Gasteiger partial charge is 0.507 e. The number of benzene rings is 2. The van der Waals surface area contributed by atoms with Gasteiger partial charge in [-0.3, -0.25) is 0 Å². The van der Waals surface area contributed by atoms with Gasteiger partial charge < -0.3 is 21.0 Å². The van der Waals surface area contributed by atoms with Crippen LogP contribution in [0.2, 0.25) is 0 Å². The Morgan fingerprint density at radius 2 is 1.76 bits per heavy atom. The van der Waals surface area contributed by atoms with Crippen LogP contribution in [0.5, 0.6) is 5.75 Å². The number of rotatable bonds is 6. The Balaban J connectivity index is 1.68. The molecular formula is C22H22N6O4S. The highest BCUT2D eigenvalue weighted by Crippen LogP contribution is 2.32. The van der Waals surface area contributed by atoms with Crippen molar-refractivity contribution in [2.24, 2.45) is 5.73 Å². The number of nitrogens with two attached hydrogens (primary N) is 2. The lowest BCUT2D eigenvalue weighted by atomic mass is 10.1. The molecule has 2 aromatic heterocycles. The summed E-state index contributed by atoms with van der Waals surface area (Å²) in [5.41, 5.74) is 13.9. The van der Waals surface area contributed by atoms with Gasteiger partial charge in [0.2, 0.25) is 0 Å². The average molecular weight is 467 g/mol. The van der Waals surface area contributed by atoms with Gasteiger partial charge in [-0.2, -0.15) is 0 Å². The standard InChI is InChI=1S/C22H22N6O4S/c1-12(2)33(30,31)15-6-4-14(5-7-15)17-11-25-20(24)19(26-17)22-28-27-21(32-22)16-8-3-13(10-23)9-18(16)29/h3-9,11-12,29H,10,23H2,1-2H3,(H2,24,25). The molecule has 0 aliphatic carbocycles. The van der Waals surface area contributed by atoms with Crippen molar-refractivity contribution in [2.45, 2.75) is 30.5 Å². The molecule has 0 aliphatic heterocycles. The minimum Gasteiger partial charge on any atom is -0.507 e. The molecule has 0 saturated carbocycles. The fourth-order valence-electron chi connectivity index (χ4n) is 3.10. The summed E-state index contributed by atoms with van der Waals surface area (Å²) < 4.78 is 30.4. The van der Waals surface area contributed by atoms with Crippen molar-refractivity contribution in [1.29, 1.82) is 0 Å². The molecule has 170 valence electrons. The third kappa shape index (κ3) is 4.28. The first-order chi connectivity index (χ1) is 15.7. The Kier molecular flexibility index (Phi) is 5.83. The minimum atomic E-state index is -3.38. The number of hydrogen-bond donors (Lipinski definition) is 3. The van der Waals surface area contributed by atoms with Crippen molar-refractivity contribution >= 4 is 15.7 Å². The number of aromatic hydroxyl groups is 1. The molecule has 0 saturated heterocycles. The van der Waals surface area contributed by atoms with Crippen LogP contribution >= 0.6 is 0 Å². The van der Waals surface area contributed by atoms with Gasteiger partial charge in [0.05, 0.1) is 27.6 Å². The van der Waals surface area contributed by atoms with E-state index in [4.69, 9.17) is 15.9 Å². The van der Waals surface area contributed by atoms with Crippen LogP contribution in [0.1, 0.15) is 19.4 Å². The highest BCUT2D eigenvalue weighted by molar-refractivity contribution is 7.92. The van der Waals surface area contributed by atoms with Crippen molar-refractivity contribution in [1.82, 2.24) is 20.2 Å². The van der Waals surface area contributed by atoms with E-state index >= 15 is 0 Å². The smallest absolute Gasteiger partial charge is 0.270 e. The predicted molar refractivity (Wildman–Crippen MR) is 122 cm³/mol. The molecule has 5 N–H and O–H groups in total. The number of hydrogen-bond acceptors (Lipinski definition) is 10. The molecule has 2 heterocycles. The summed E-state index contributed by atoms with van der Waals surface area (Å²) in [5, 5.41) is 17.7. The number of nitrogen functional groups attached to an aromatic ring is 1. The summed E-state index contributed by atoms with van der Waals surface area (Å²) in [6.45, 7) is 3.55. The number of phenolic OH excluding ortho intramolecular Hbond substituents is 1. The van der Waals surface area contributed by atoms with Crippen LogP contribution in [0, 0.1) is 0 Å². The van der Waals surface area contributed by atoms with Crippen molar-refractivity contribution in [3.63, 3.8) is 0 Å². The second-order valence-electron chi connectivity index (χ2n) is 7.58. The quantitative estimate of drug-likeness (QED) is 0.383. The Morgan fingerprint density at radius 1 is 1.06 bits per heavy atom. The van der Waals surface area contributed by atoms with E-state index in [0.717, 1.165) is 5.56 Å². The molecule has 0 amide bonds. The van der Waals surface area contributed by atoms with E-state index in [2.05, 4.69) is 20.2 Å². The number of nitrogens with zero attached hydrogens (tertiary/aromatic N) is 4. The summed E-state index contributed by atoms with van der Waals surface area (Å²) in [7, 11) is -3.38. The van der Waals surface area contributed by atoms with E-state index in [9.17, 15) is 13.5 Å². The molecule has 0 radical (unpaired) electrons. The van der Waals surface area contributed by atoms with Crippen molar-refractivity contribution in [3.05, 3.63) is 54.2 Å². The van der Waals surface area contributed by atoms with Crippen molar-refractivity contribution < 1.29 is 17.9 Å². The van der Waals surface area contributed by atoms with Gasteiger partial charge in [-0.25, -0.2) is 18.4 Å². The topological polar surface area (TPSA) is 171 Å². The van der Waals surface area contributed by atoms with Gasteiger partial charge in [-0.05, 0) is 43.7 Å². The first kappa shape index (κ1) is 22.4. The van der Waals surface area contributed by atoms with Crippen LogP contribution in [0.4, 0.5) is 5.82 Å². The molecule has 11 heteroatoms. The molecule has 0 aliphatic rings. The maximum atomic E-state index is 12.3. The zero-order chi connectivity index (χ0) is 23.8. The Morgan fingerprint density at radius 3 is 2.39 bits per heavy atom. The lowest BCUT2D eigenvalue weighted by Crippen LogP contribution is -2.13. The zero-order valence-corrected chi connectivity index (χ0v) is 18.7. The van der Waals surface area contributed by atoms with E-state index in [0.29, 0.717) is 16.8 Å². The molecule has 33 heavy (non-hydrogen) atoms. The summed E-state index contributed by atoms with van der Waals surface area (Å²) in [4.78, 5) is 8.87. The second kappa shape index (κ2) is 8.60. The van der Waals surface area contributed by atoms with Crippen LogP contribution in [0.25, 0.3) is 34.3 Å². The van der Waals surface area contributed by atoms with Gasteiger partial charge in [0.1, 0.15) is 5.75 Å². The molecule has 0 unspecified atom stereocenters. The predicted octanol–water partition coefficient (Wildman–Crippen LogP) is 2.79. The maximum Gasteiger partial charge on any atom is 0.270 e. The number of anilines is 1. The summed E-state index contributed by atoms with van der Waals surface area (Å²) >= 11 is 0. The maximum absolute atomic E-state index is 12.3. The van der Waals surface area contributed by atoms with Crippen molar-refractivity contribution in [2.75, 3.05) is 5.73 Å². The van der Waals surface area contributed by atoms with Gasteiger partial charge in [0, 0.05) is 12.1 Å². The highest BCUT2D eigenvalue weighted by atomic mass is 32.2. The molecule has 2 aromatic carbocycles. The van der Waals surface area contributed by atoms with Crippen LogP contribution < -0.4 is 11.5 Å². The number of aromatic nitrogens is 4. The summed E-state index contributed by atoms with van der Waals surface area (Å²) in [6.07, 6.45) is 1.47. The molecular weight excluding hydrogens is 444 g/mol. The lowest BCUT2D eigenvalue weighted by Gasteiger charge is -2.09. The third-order valence-electron chi connectivity index (χ3n) is 5.06. The van der Waals surface area contributed by atoms with E-state index in [-0.39, 0.29) is 40.5 Å². The molecule has 0 atom stereocenters. The molecule has 0 bridgehead atoms. The highest BCUT2D eigenvalue weighted by Gasteiger charge is 2.20. The van der Waals surface area contributed by atoms with Crippen LogP contribution in [0.3, 0.4) is 0 Å². The SMILES string of the molecule is CC(C)S(=O)(=O)c1ccc(-c2cnc(N)c(-c3nnc(-c4ccc(CN)cc4O)o3)n2)cc1. The zero-order valence-electron chi connectivity index (χ0n) is 17.9. The van der Waals surface area contributed by atoms with Gasteiger partial charge in [-0.15, -0.1) is 10.2 Å². The summed E-state index contributed by atoms with van der Waals surface area (Å²) in [5.74, 6) is 0.145. The first-order valence-electron chi connectivity index (χ1n) is 10.0. The summed E-state index contributed by atoms with van der Waals surface area (Å²) in [6, 6.07) is 11.3. The molecule has 0 spiro atoms. The van der Waals surface area contributed by atoms with E-state index in [1.165, 1.54) is 24.4 Å². The molecule has 0 fully saturated rings. The van der Waals surface area contributed by atoms with E-state index in [1.807, 2.05) is 0 Å². The first-order valence-corrected chi connectivity index (χ1v) is 11.6.